The Labute approximate surface area is 157 Å². The van der Waals surface area contributed by atoms with E-state index in [1.54, 1.807) is 26.4 Å². The van der Waals surface area contributed by atoms with Crippen LogP contribution in [0.15, 0.2) is 53.1 Å². The van der Waals surface area contributed by atoms with Gasteiger partial charge in [-0.15, -0.1) is 0 Å². The second-order valence-corrected chi connectivity index (χ2v) is 5.84. The molecule has 1 heterocycles. The summed E-state index contributed by atoms with van der Waals surface area (Å²) in [5.41, 5.74) is 1.86. The summed E-state index contributed by atoms with van der Waals surface area (Å²) in [5.74, 6) is 1.90. The first-order valence-corrected chi connectivity index (χ1v) is 8.55. The quantitative estimate of drug-likeness (QED) is 0.659. The molecule has 1 amide bonds. The first-order valence-electron chi connectivity index (χ1n) is 8.55. The predicted octanol–water partition coefficient (Wildman–Crippen LogP) is 3.00. The first kappa shape index (κ1) is 18.4. The summed E-state index contributed by atoms with van der Waals surface area (Å²) in [6.45, 7) is 0.188. The number of nitrogens with zero attached hydrogens (tertiary/aromatic N) is 2. The van der Waals surface area contributed by atoms with Crippen molar-refractivity contribution in [1.29, 1.82) is 0 Å². The fraction of sp³-hybridized carbons (Fsp3) is 0.250. The third-order valence-corrected chi connectivity index (χ3v) is 4.03. The Morgan fingerprint density at radius 3 is 2.59 bits per heavy atom. The summed E-state index contributed by atoms with van der Waals surface area (Å²) in [5, 5.41) is 6.75. The fourth-order valence-electron chi connectivity index (χ4n) is 2.58. The second-order valence-electron chi connectivity index (χ2n) is 5.84. The number of aromatic nitrogens is 2. The second kappa shape index (κ2) is 8.84. The Kier molecular flexibility index (Phi) is 6.04. The first-order chi connectivity index (χ1) is 13.2. The lowest BCUT2D eigenvalue weighted by Crippen LogP contribution is -2.23. The van der Waals surface area contributed by atoms with Crippen molar-refractivity contribution in [2.24, 2.45) is 0 Å². The highest BCUT2D eigenvalue weighted by molar-refractivity contribution is 5.76. The predicted molar refractivity (Wildman–Crippen MR) is 99.4 cm³/mol. The molecule has 0 saturated heterocycles. The molecule has 2 aromatic carbocycles. The maximum absolute atomic E-state index is 12.0. The molecule has 0 aliphatic heterocycles. The van der Waals surface area contributed by atoms with E-state index in [-0.39, 0.29) is 12.5 Å². The summed E-state index contributed by atoms with van der Waals surface area (Å²) in [7, 11) is 3.14. The number of carbonyl (C=O) groups excluding carboxylic acids is 1. The van der Waals surface area contributed by atoms with E-state index in [2.05, 4.69) is 15.5 Å². The number of nitrogens with one attached hydrogen (secondary N) is 1. The van der Waals surface area contributed by atoms with Crippen molar-refractivity contribution in [3.05, 3.63) is 60.0 Å². The summed E-state index contributed by atoms with van der Waals surface area (Å²) in [4.78, 5) is 16.3. The maximum Gasteiger partial charge on any atom is 0.246 e. The standard InChI is InChI=1S/C20H21N3O4/c1-25-16-10-9-15(12-17(16)26-2)20-22-19(27-23-20)13-21-18(24)11-8-14-6-4-3-5-7-14/h3-7,9-10,12H,8,11,13H2,1-2H3,(H,21,24). The van der Waals surface area contributed by atoms with Gasteiger partial charge in [-0.05, 0) is 30.2 Å². The monoisotopic (exact) mass is 367 g/mol. The van der Waals surface area contributed by atoms with Gasteiger partial charge in [-0.2, -0.15) is 4.98 Å². The molecule has 27 heavy (non-hydrogen) atoms. The highest BCUT2D eigenvalue weighted by atomic mass is 16.5. The lowest BCUT2D eigenvalue weighted by atomic mass is 10.1. The molecule has 1 aromatic heterocycles. The minimum absolute atomic E-state index is 0.0651. The average molecular weight is 367 g/mol. The van der Waals surface area contributed by atoms with Crippen LogP contribution in [0, 0.1) is 0 Å². The molecular weight excluding hydrogens is 346 g/mol. The molecule has 3 rings (SSSR count). The van der Waals surface area contributed by atoms with Crippen molar-refractivity contribution in [3.8, 4) is 22.9 Å². The number of rotatable bonds is 8. The molecular formula is C20H21N3O4. The van der Waals surface area contributed by atoms with E-state index >= 15 is 0 Å². The highest BCUT2D eigenvalue weighted by Gasteiger charge is 2.13. The Balaban J connectivity index is 1.55. The van der Waals surface area contributed by atoms with Crippen molar-refractivity contribution >= 4 is 5.91 Å². The van der Waals surface area contributed by atoms with E-state index in [4.69, 9.17) is 14.0 Å². The zero-order valence-electron chi connectivity index (χ0n) is 15.3. The molecule has 0 aliphatic rings. The number of aryl methyl sites for hydroxylation is 1. The maximum atomic E-state index is 12.0. The molecule has 0 saturated carbocycles. The van der Waals surface area contributed by atoms with Gasteiger partial charge in [-0.25, -0.2) is 0 Å². The summed E-state index contributed by atoms with van der Waals surface area (Å²) < 4.78 is 15.7. The van der Waals surface area contributed by atoms with Crippen LogP contribution in [0.25, 0.3) is 11.4 Å². The number of ether oxygens (including phenoxy) is 2. The smallest absolute Gasteiger partial charge is 0.246 e. The molecule has 0 fully saturated rings. The number of benzene rings is 2. The molecule has 0 atom stereocenters. The average Bonchev–Trinajstić information content (AvgIpc) is 3.20. The molecule has 0 spiro atoms. The zero-order chi connectivity index (χ0) is 19.1. The van der Waals surface area contributed by atoms with Gasteiger partial charge in [-0.1, -0.05) is 35.5 Å². The number of hydrogen-bond acceptors (Lipinski definition) is 6. The lowest BCUT2D eigenvalue weighted by Gasteiger charge is -2.07. The molecule has 140 valence electrons. The number of hydrogen-bond donors (Lipinski definition) is 1. The van der Waals surface area contributed by atoms with E-state index in [0.717, 1.165) is 11.1 Å². The van der Waals surface area contributed by atoms with E-state index in [0.29, 0.717) is 36.1 Å². The minimum Gasteiger partial charge on any atom is -0.493 e. The molecule has 1 N–H and O–H groups in total. The third-order valence-electron chi connectivity index (χ3n) is 4.03. The van der Waals surface area contributed by atoms with Crippen LogP contribution in [0.4, 0.5) is 0 Å². The number of amides is 1. The van der Waals surface area contributed by atoms with Crippen molar-refractivity contribution in [2.75, 3.05) is 14.2 Å². The molecule has 7 heteroatoms. The summed E-state index contributed by atoms with van der Waals surface area (Å²) in [6.07, 6.45) is 1.09. The molecule has 0 radical (unpaired) electrons. The normalized spacial score (nSPS) is 10.4. The van der Waals surface area contributed by atoms with Crippen LogP contribution in [-0.2, 0) is 17.8 Å². The van der Waals surface area contributed by atoms with Crippen molar-refractivity contribution < 1.29 is 18.8 Å². The van der Waals surface area contributed by atoms with Crippen molar-refractivity contribution in [1.82, 2.24) is 15.5 Å². The Morgan fingerprint density at radius 2 is 1.85 bits per heavy atom. The van der Waals surface area contributed by atoms with Gasteiger partial charge in [-0.3, -0.25) is 4.79 Å². The topological polar surface area (TPSA) is 86.5 Å². The van der Waals surface area contributed by atoms with Crippen molar-refractivity contribution in [2.45, 2.75) is 19.4 Å². The van der Waals surface area contributed by atoms with Crippen LogP contribution < -0.4 is 14.8 Å². The molecule has 0 unspecified atom stereocenters. The molecule has 0 bridgehead atoms. The number of methoxy groups -OCH3 is 2. The zero-order valence-corrected chi connectivity index (χ0v) is 15.3. The van der Waals surface area contributed by atoms with E-state index in [9.17, 15) is 4.79 Å². The minimum atomic E-state index is -0.0651. The highest BCUT2D eigenvalue weighted by Crippen LogP contribution is 2.31. The lowest BCUT2D eigenvalue weighted by molar-refractivity contribution is -0.121. The van der Waals surface area contributed by atoms with Crippen LogP contribution in [0.3, 0.4) is 0 Å². The van der Waals surface area contributed by atoms with E-state index in [1.807, 2.05) is 36.4 Å². The number of carbonyl (C=O) groups is 1. The molecule has 0 aliphatic carbocycles. The van der Waals surface area contributed by atoms with Crippen LogP contribution in [0.1, 0.15) is 17.9 Å². The van der Waals surface area contributed by atoms with E-state index < -0.39 is 0 Å². The largest absolute Gasteiger partial charge is 0.493 e. The van der Waals surface area contributed by atoms with Crippen LogP contribution >= 0.6 is 0 Å². The van der Waals surface area contributed by atoms with Crippen molar-refractivity contribution in [3.63, 3.8) is 0 Å². The molecule has 7 nitrogen and oxygen atoms in total. The van der Waals surface area contributed by atoms with Crippen LogP contribution in [-0.4, -0.2) is 30.3 Å². The van der Waals surface area contributed by atoms with Crippen LogP contribution in [0.5, 0.6) is 11.5 Å². The summed E-state index contributed by atoms with van der Waals surface area (Å²) >= 11 is 0. The van der Waals surface area contributed by atoms with E-state index in [1.165, 1.54) is 0 Å². The molecule has 3 aromatic rings. The SMILES string of the molecule is COc1ccc(-c2noc(CNC(=O)CCc3ccccc3)n2)cc1OC. The Bertz CT molecular complexity index is 893. The third kappa shape index (κ3) is 4.84. The van der Waals surface area contributed by atoms with Gasteiger partial charge >= 0.3 is 0 Å². The van der Waals surface area contributed by atoms with Gasteiger partial charge in [0.15, 0.2) is 11.5 Å². The van der Waals surface area contributed by atoms with Gasteiger partial charge in [0.05, 0.1) is 20.8 Å². The van der Waals surface area contributed by atoms with Gasteiger partial charge in [0.25, 0.3) is 0 Å². The summed E-state index contributed by atoms with van der Waals surface area (Å²) in [6, 6.07) is 15.2. The fourth-order valence-corrected chi connectivity index (χ4v) is 2.58. The van der Waals surface area contributed by atoms with Gasteiger partial charge < -0.3 is 19.3 Å². The van der Waals surface area contributed by atoms with Gasteiger partial charge in [0.1, 0.15) is 0 Å². The van der Waals surface area contributed by atoms with Crippen LogP contribution in [0.2, 0.25) is 0 Å². The van der Waals surface area contributed by atoms with Gasteiger partial charge in [0.2, 0.25) is 17.6 Å². The Hall–Kier alpha value is -3.35. The Morgan fingerprint density at radius 1 is 1.07 bits per heavy atom. The van der Waals surface area contributed by atoms with Gasteiger partial charge in [0, 0.05) is 12.0 Å².